The second kappa shape index (κ2) is 5.26. The second-order valence-electron chi connectivity index (χ2n) is 6.00. The number of nitrogens with one attached hydrogen (secondary N) is 1. The van der Waals surface area contributed by atoms with Gasteiger partial charge in [-0.2, -0.15) is 0 Å². The normalized spacial score (nSPS) is 24.9. The molecule has 100 valence electrons. The van der Waals surface area contributed by atoms with E-state index < -0.39 is 0 Å². The molecule has 3 rings (SSSR count). The Morgan fingerprint density at radius 3 is 3.06 bits per heavy atom. The summed E-state index contributed by atoms with van der Waals surface area (Å²) in [5.74, 6) is 0. The number of halogens is 1. The van der Waals surface area contributed by atoms with Crippen LogP contribution in [0.15, 0.2) is 9.85 Å². The lowest BCUT2D eigenvalue weighted by Crippen LogP contribution is -2.30. The van der Waals surface area contributed by atoms with Crippen LogP contribution in [-0.2, 0) is 6.42 Å². The molecule has 1 atom stereocenters. The molecule has 1 saturated carbocycles. The summed E-state index contributed by atoms with van der Waals surface area (Å²) in [6.45, 7) is 3.55. The topological polar surface area (TPSA) is 12.0 Å². The Balaban J connectivity index is 1.64. The van der Waals surface area contributed by atoms with Crippen LogP contribution in [0.25, 0.3) is 0 Å². The Morgan fingerprint density at radius 2 is 2.33 bits per heavy atom. The van der Waals surface area contributed by atoms with Gasteiger partial charge in [0.1, 0.15) is 0 Å². The monoisotopic (exact) mass is 327 g/mol. The maximum Gasteiger partial charge on any atom is 0.0704 e. The standard InChI is InChI=1S/C15H22BrNS/c1-2-6-15(7-8-15)10-17-12-4-3-5-13-11(12)9-14(16)18-13/h9,12,17H,2-8,10H2,1H3. The summed E-state index contributed by atoms with van der Waals surface area (Å²) in [4.78, 5) is 1.60. The van der Waals surface area contributed by atoms with E-state index in [0.717, 1.165) is 0 Å². The second-order valence-corrected chi connectivity index (χ2v) is 8.52. The zero-order valence-corrected chi connectivity index (χ0v) is 13.5. The maximum atomic E-state index is 3.86. The molecule has 1 nitrogen and oxygen atoms in total. The molecule has 0 aliphatic heterocycles. The van der Waals surface area contributed by atoms with E-state index in [0.29, 0.717) is 11.5 Å². The molecule has 1 unspecified atom stereocenters. The minimum atomic E-state index is 0.616. The van der Waals surface area contributed by atoms with E-state index in [1.54, 1.807) is 10.4 Å². The summed E-state index contributed by atoms with van der Waals surface area (Å²) in [6.07, 6.45) is 9.58. The van der Waals surface area contributed by atoms with Crippen LogP contribution in [0, 0.1) is 5.41 Å². The minimum Gasteiger partial charge on any atom is -0.309 e. The molecule has 18 heavy (non-hydrogen) atoms. The minimum absolute atomic E-state index is 0.616. The van der Waals surface area contributed by atoms with Crippen LogP contribution in [0.3, 0.4) is 0 Å². The Kier molecular flexibility index (Phi) is 3.84. The van der Waals surface area contributed by atoms with Crippen LogP contribution in [0.1, 0.15) is 61.9 Å². The molecule has 1 aromatic rings. The number of rotatable bonds is 5. The first-order valence-electron chi connectivity index (χ1n) is 7.24. The molecule has 0 bridgehead atoms. The van der Waals surface area contributed by atoms with Crippen LogP contribution in [0.4, 0.5) is 0 Å². The third-order valence-electron chi connectivity index (χ3n) is 4.54. The van der Waals surface area contributed by atoms with Crippen LogP contribution < -0.4 is 5.32 Å². The zero-order valence-electron chi connectivity index (χ0n) is 11.1. The van der Waals surface area contributed by atoms with E-state index >= 15 is 0 Å². The van der Waals surface area contributed by atoms with Crippen LogP contribution in [0.5, 0.6) is 0 Å². The van der Waals surface area contributed by atoms with Gasteiger partial charge >= 0.3 is 0 Å². The smallest absolute Gasteiger partial charge is 0.0704 e. The van der Waals surface area contributed by atoms with Crippen molar-refractivity contribution in [2.24, 2.45) is 5.41 Å². The van der Waals surface area contributed by atoms with Gasteiger partial charge in [0.25, 0.3) is 0 Å². The van der Waals surface area contributed by atoms with Crippen molar-refractivity contribution < 1.29 is 0 Å². The first kappa shape index (κ1) is 13.1. The molecule has 1 heterocycles. The fourth-order valence-electron chi connectivity index (χ4n) is 3.30. The highest BCUT2D eigenvalue weighted by Crippen LogP contribution is 2.49. The largest absolute Gasteiger partial charge is 0.309 e. The van der Waals surface area contributed by atoms with E-state index in [9.17, 15) is 0 Å². The fraction of sp³-hybridized carbons (Fsp3) is 0.733. The molecule has 1 N–H and O–H groups in total. The Morgan fingerprint density at radius 1 is 1.50 bits per heavy atom. The highest BCUT2D eigenvalue weighted by atomic mass is 79.9. The molecule has 0 radical (unpaired) electrons. The van der Waals surface area contributed by atoms with Gasteiger partial charge in [0.15, 0.2) is 0 Å². The third kappa shape index (κ3) is 2.68. The SMILES string of the molecule is CCCC1(CNC2CCCc3sc(Br)cc32)CC1. The Bertz CT molecular complexity index is 422. The molecule has 2 aliphatic carbocycles. The van der Waals surface area contributed by atoms with Crippen LogP contribution in [0.2, 0.25) is 0 Å². The van der Waals surface area contributed by atoms with Gasteiger partial charge < -0.3 is 5.32 Å². The molecule has 2 aliphatic rings. The summed E-state index contributed by atoms with van der Waals surface area (Å²) >= 11 is 5.57. The highest BCUT2D eigenvalue weighted by molar-refractivity contribution is 9.11. The third-order valence-corrected chi connectivity index (χ3v) is 6.26. The van der Waals surface area contributed by atoms with Gasteiger partial charge in [-0.15, -0.1) is 11.3 Å². The zero-order chi connectivity index (χ0) is 12.6. The van der Waals surface area contributed by atoms with Gasteiger partial charge in [-0.25, -0.2) is 0 Å². The van der Waals surface area contributed by atoms with Crippen molar-refractivity contribution in [3.05, 3.63) is 20.3 Å². The van der Waals surface area contributed by atoms with Gasteiger partial charge in [-0.1, -0.05) is 13.3 Å². The molecule has 1 fully saturated rings. The van der Waals surface area contributed by atoms with E-state index in [1.165, 1.54) is 55.3 Å². The molecule has 1 aromatic heterocycles. The number of aryl methyl sites for hydroxylation is 1. The molecule has 0 aromatic carbocycles. The van der Waals surface area contributed by atoms with Gasteiger partial charge in [0.05, 0.1) is 3.79 Å². The van der Waals surface area contributed by atoms with Gasteiger partial charge in [0, 0.05) is 17.5 Å². The maximum absolute atomic E-state index is 3.86. The summed E-state index contributed by atoms with van der Waals surface area (Å²) in [5, 5.41) is 3.86. The molecular formula is C15H22BrNS. The summed E-state index contributed by atoms with van der Waals surface area (Å²) in [7, 11) is 0. The molecule has 0 amide bonds. The van der Waals surface area contributed by atoms with E-state index in [4.69, 9.17) is 0 Å². The van der Waals surface area contributed by atoms with Crippen molar-refractivity contribution in [3.8, 4) is 0 Å². The molecule has 0 spiro atoms. The van der Waals surface area contributed by atoms with Crippen molar-refractivity contribution >= 4 is 27.3 Å². The van der Waals surface area contributed by atoms with Gasteiger partial charge in [-0.05, 0) is 71.5 Å². The number of hydrogen-bond acceptors (Lipinski definition) is 2. The Labute approximate surface area is 122 Å². The molecular weight excluding hydrogens is 306 g/mol. The van der Waals surface area contributed by atoms with Crippen molar-refractivity contribution in [1.29, 1.82) is 0 Å². The first-order chi connectivity index (χ1) is 8.72. The lowest BCUT2D eigenvalue weighted by Gasteiger charge is -2.26. The first-order valence-corrected chi connectivity index (χ1v) is 8.85. The predicted octanol–water partition coefficient (Wildman–Crippen LogP) is 5.06. The molecule has 3 heteroatoms. The predicted molar refractivity (Wildman–Crippen MR) is 82.3 cm³/mol. The quantitative estimate of drug-likeness (QED) is 0.797. The van der Waals surface area contributed by atoms with Crippen molar-refractivity contribution in [2.45, 2.75) is 57.9 Å². The fourth-order valence-corrected chi connectivity index (χ4v) is 5.11. The lowest BCUT2D eigenvalue weighted by atomic mass is 9.92. The van der Waals surface area contributed by atoms with Gasteiger partial charge in [0.2, 0.25) is 0 Å². The number of fused-ring (bicyclic) bond motifs is 1. The highest BCUT2D eigenvalue weighted by Gasteiger charge is 2.41. The Hall–Kier alpha value is 0.140. The summed E-state index contributed by atoms with van der Waals surface area (Å²) < 4.78 is 1.30. The average molecular weight is 328 g/mol. The van der Waals surface area contributed by atoms with Crippen molar-refractivity contribution in [1.82, 2.24) is 5.32 Å². The summed E-state index contributed by atoms with van der Waals surface area (Å²) in [5.41, 5.74) is 2.24. The van der Waals surface area contributed by atoms with Crippen LogP contribution >= 0.6 is 27.3 Å². The number of thiophene rings is 1. The van der Waals surface area contributed by atoms with Crippen molar-refractivity contribution in [2.75, 3.05) is 6.54 Å². The van der Waals surface area contributed by atoms with Crippen LogP contribution in [-0.4, -0.2) is 6.54 Å². The number of hydrogen-bond donors (Lipinski definition) is 1. The van der Waals surface area contributed by atoms with E-state index in [-0.39, 0.29) is 0 Å². The van der Waals surface area contributed by atoms with E-state index in [1.807, 2.05) is 11.3 Å². The molecule has 0 saturated heterocycles. The van der Waals surface area contributed by atoms with Gasteiger partial charge in [-0.3, -0.25) is 0 Å². The van der Waals surface area contributed by atoms with E-state index in [2.05, 4.69) is 34.2 Å². The average Bonchev–Trinajstić information content (AvgIpc) is 3.00. The summed E-state index contributed by atoms with van der Waals surface area (Å²) in [6, 6.07) is 2.96. The lowest BCUT2D eigenvalue weighted by molar-refractivity contribution is 0.369. The van der Waals surface area contributed by atoms with Crippen molar-refractivity contribution in [3.63, 3.8) is 0 Å².